The molecule has 0 bridgehead atoms. The van der Waals surface area contributed by atoms with Gasteiger partial charge in [0.2, 0.25) is 0 Å². The van der Waals surface area contributed by atoms with Crippen LogP contribution in [-0.2, 0) is 0 Å². The minimum atomic E-state index is -0.0704. The quantitative estimate of drug-likeness (QED) is 0.769. The molecule has 7 nitrogen and oxygen atoms in total. The third kappa shape index (κ3) is 3.58. The molecule has 1 aromatic carbocycles. The Kier molecular flexibility index (Phi) is 4.66. The second-order valence-corrected chi connectivity index (χ2v) is 6.98. The Morgan fingerprint density at radius 2 is 1.96 bits per heavy atom. The van der Waals surface area contributed by atoms with Gasteiger partial charge in [0.15, 0.2) is 11.5 Å². The van der Waals surface area contributed by atoms with Gasteiger partial charge in [-0.05, 0) is 30.3 Å². The topological polar surface area (TPSA) is 74.3 Å². The summed E-state index contributed by atoms with van der Waals surface area (Å²) in [4.78, 5) is 19.5. The molecule has 3 aromatic rings. The molecule has 3 heterocycles. The number of benzene rings is 1. The van der Waals surface area contributed by atoms with Gasteiger partial charge >= 0.3 is 0 Å². The molecule has 2 aromatic heterocycles. The van der Waals surface area contributed by atoms with Crippen LogP contribution in [0.5, 0.6) is 5.75 Å². The van der Waals surface area contributed by atoms with Crippen molar-refractivity contribution in [3.05, 3.63) is 48.3 Å². The first-order valence-electron chi connectivity index (χ1n) is 9.15. The third-order valence-corrected chi connectivity index (χ3v) is 4.91. The average Bonchev–Trinajstić information content (AvgIpc) is 3.18. The number of carbonyl (C=O) groups excluding carboxylic acids is 1. The summed E-state index contributed by atoms with van der Waals surface area (Å²) in [7, 11) is 3.79. The number of likely N-dealkylation sites (tertiary alicyclic amines) is 1. The Labute approximate surface area is 157 Å². The smallest absolute Gasteiger partial charge is 0.274 e. The highest BCUT2D eigenvalue weighted by Crippen LogP contribution is 2.27. The predicted octanol–water partition coefficient (Wildman–Crippen LogP) is 2.71. The van der Waals surface area contributed by atoms with Crippen molar-refractivity contribution in [3.63, 3.8) is 0 Å². The van der Waals surface area contributed by atoms with Crippen molar-refractivity contribution in [2.45, 2.75) is 18.9 Å². The highest BCUT2D eigenvalue weighted by atomic mass is 16.5. The Bertz CT molecular complexity index is 927. The number of ether oxygens (including phenoxy) is 1. The zero-order valence-electron chi connectivity index (χ0n) is 15.6. The first kappa shape index (κ1) is 17.3. The fraction of sp³-hybridized carbons (Fsp3) is 0.350. The van der Waals surface area contributed by atoms with E-state index in [0.29, 0.717) is 18.8 Å². The Hall–Kier alpha value is -3.09. The number of amides is 1. The molecular weight excluding hydrogens is 342 g/mol. The second-order valence-electron chi connectivity index (χ2n) is 6.98. The van der Waals surface area contributed by atoms with Gasteiger partial charge in [0.05, 0.1) is 0 Å². The largest absolute Gasteiger partial charge is 0.490 e. The zero-order valence-corrected chi connectivity index (χ0v) is 15.6. The molecule has 0 spiro atoms. The number of H-pyrrole nitrogens is 1. The highest BCUT2D eigenvalue weighted by Gasteiger charge is 2.26. The number of nitrogens with one attached hydrogen (secondary N) is 1. The monoisotopic (exact) mass is 365 g/mol. The first-order chi connectivity index (χ1) is 13.1. The van der Waals surface area contributed by atoms with Gasteiger partial charge in [0.1, 0.15) is 11.9 Å². The van der Waals surface area contributed by atoms with Crippen molar-refractivity contribution in [3.8, 4) is 5.75 Å². The van der Waals surface area contributed by atoms with Gasteiger partial charge in [-0.3, -0.25) is 4.79 Å². The lowest BCUT2D eigenvalue weighted by molar-refractivity contribution is 0.0591. The standard InChI is InChI=1S/C20H23N5O2/c1-24(2)19-7-6-17(22-23-19)20(26)25-12-9-14(10-13-25)27-18-5-3-4-16-15(18)8-11-21-16/h3-8,11,14,21H,9-10,12-13H2,1-2H3. The lowest BCUT2D eigenvalue weighted by Gasteiger charge is -2.32. The van der Waals surface area contributed by atoms with Crippen molar-refractivity contribution in [2.24, 2.45) is 0 Å². The normalized spacial score (nSPS) is 15.1. The number of aromatic nitrogens is 3. The van der Waals surface area contributed by atoms with Gasteiger partial charge in [0.25, 0.3) is 5.91 Å². The summed E-state index contributed by atoms with van der Waals surface area (Å²) < 4.78 is 6.21. The number of hydrogen-bond donors (Lipinski definition) is 1. The summed E-state index contributed by atoms with van der Waals surface area (Å²) in [6.45, 7) is 1.31. The number of rotatable bonds is 4. The molecule has 0 atom stereocenters. The summed E-state index contributed by atoms with van der Waals surface area (Å²) in [5.41, 5.74) is 1.46. The Balaban J connectivity index is 1.37. The molecule has 1 N–H and O–H groups in total. The van der Waals surface area contributed by atoms with E-state index in [4.69, 9.17) is 4.74 Å². The van der Waals surface area contributed by atoms with Gasteiger partial charge < -0.3 is 19.5 Å². The second kappa shape index (κ2) is 7.26. The fourth-order valence-electron chi connectivity index (χ4n) is 3.36. The summed E-state index contributed by atoms with van der Waals surface area (Å²) in [6, 6.07) is 11.6. The predicted molar refractivity (Wildman–Crippen MR) is 104 cm³/mol. The van der Waals surface area contributed by atoms with Crippen LogP contribution in [0.4, 0.5) is 5.82 Å². The van der Waals surface area contributed by atoms with Crippen molar-refractivity contribution >= 4 is 22.6 Å². The van der Waals surface area contributed by atoms with Gasteiger partial charge in [-0.1, -0.05) is 6.07 Å². The van der Waals surface area contributed by atoms with E-state index in [1.165, 1.54) is 0 Å². The molecule has 7 heteroatoms. The van der Waals surface area contributed by atoms with Crippen LogP contribution < -0.4 is 9.64 Å². The van der Waals surface area contributed by atoms with Crippen LogP contribution in [0.3, 0.4) is 0 Å². The van der Waals surface area contributed by atoms with Gasteiger partial charge in [0, 0.05) is 57.1 Å². The molecule has 1 saturated heterocycles. The molecule has 27 heavy (non-hydrogen) atoms. The maximum absolute atomic E-state index is 12.7. The minimum absolute atomic E-state index is 0.0704. The molecule has 1 aliphatic rings. The molecule has 4 rings (SSSR count). The van der Waals surface area contributed by atoms with Crippen LogP contribution >= 0.6 is 0 Å². The van der Waals surface area contributed by atoms with E-state index in [0.717, 1.165) is 35.3 Å². The van der Waals surface area contributed by atoms with E-state index >= 15 is 0 Å². The fourth-order valence-corrected chi connectivity index (χ4v) is 3.36. The van der Waals surface area contributed by atoms with Crippen molar-refractivity contribution in [1.29, 1.82) is 0 Å². The summed E-state index contributed by atoms with van der Waals surface area (Å²) in [5, 5.41) is 9.25. The number of anilines is 1. The van der Waals surface area contributed by atoms with Gasteiger partial charge in [-0.25, -0.2) is 0 Å². The summed E-state index contributed by atoms with van der Waals surface area (Å²) >= 11 is 0. The molecule has 0 saturated carbocycles. The Morgan fingerprint density at radius 3 is 2.67 bits per heavy atom. The molecule has 140 valence electrons. The number of aromatic amines is 1. The first-order valence-corrected chi connectivity index (χ1v) is 9.15. The van der Waals surface area contributed by atoms with Crippen LogP contribution in [0.15, 0.2) is 42.6 Å². The highest BCUT2D eigenvalue weighted by molar-refractivity contribution is 5.92. The summed E-state index contributed by atoms with van der Waals surface area (Å²) in [5.74, 6) is 1.56. The van der Waals surface area contributed by atoms with E-state index in [1.807, 2.05) is 60.4 Å². The molecular formula is C20H23N5O2. The molecule has 1 aliphatic heterocycles. The molecule has 1 amide bonds. The maximum atomic E-state index is 12.7. The zero-order chi connectivity index (χ0) is 18.8. The average molecular weight is 365 g/mol. The molecule has 0 aliphatic carbocycles. The van der Waals surface area contributed by atoms with E-state index in [1.54, 1.807) is 6.07 Å². The molecule has 1 fully saturated rings. The minimum Gasteiger partial charge on any atom is -0.490 e. The van der Waals surface area contributed by atoms with Crippen LogP contribution in [0.2, 0.25) is 0 Å². The number of carbonyl (C=O) groups is 1. The number of fused-ring (bicyclic) bond motifs is 1. The molecule has 0 radical (unpaired) electrons. The lowest BCUT2D eigenvalue weighted by atomic mass is 10.1. The number of piperidine rings is 1. The van der Waals surface area contributed by atoms with E-state index in [-0.39, 0.29) is 12.0 Å². The van der Waals surface area contributed by atoms with Crippen LogP contribution in [-0.4, -0.2) is 59.3 Å². The van der Waals surface area contributed by atoms with Crippen LogP contribution in [0.25, 0.3) is 10.9 Å². The van der Waals surface area contributed by atoms with Gasteiger partial charge in [-0.15, -0.1) is 10.2 Å². The number of hydrogen-bond acceptors (Lipinski definition) is 5. The maximum Gasteiger partial charge on any atom is 0.274 e. The van der Waals surface area contributed by atoms with Gasteiger partial charge in [-0.2, -0.15) is 0 Å². The SMILES string of the molecule is CN(C)c1ccc(C(=O)N2CCC(Oc3cccc4[nH]ccc34)CC2)nn1. The summed E-state index contributed by atoms with van der Waals surface area (Å²) in [6.07, 6.45) is 3.63. The lowest BCUT2D eigenvalue weighted by Crippen LogP contribution is -2.42. The van der Waals surface area contributed by atoms with E-state index < -0.39 is 0 Å². The van der Waals surface area contributed by atoms with Crippen molar-refractivity contribution < 1.29 is 9.53 Å². The third-order valence-electron chi connectivity index (χ3n) is 4.91. The van der Waals surface area contributed by atoms with Crippen molar-refractivity contribution in [1.82, 2.24) is 20.1 Å². The van der Waals surface area contributed by atoms with Crippen molar-refractivity contribution in [2.75, 3.05) is 32.1 Å². The van der Waals surface area contributed by atoms with Crippen LogP contribution in [0, 0.1) is 0 Å². The Morgan fingerprint density at radius 1 is 1.15 bits per heavy atom. The molecule has 0 unspecified atom stereocenters. The van der Waals surface area contributed by atoms with E-state index in [9.17, 15) is 4.79 Å². The van der Waals surface area contributed by atoms with Crippen LogP contribution in [0.1, 0.15) is 23.3 Å². The van der Waals surface area contributed by atoms with E-state index in [2.05, 4.69) is 15.2 Å². The number of nitrogens with zero attached hydrogens (tertiary/aromatic N) is 4.